The molecule has 0 aromatic rings. The van der Waals surface area contributed by atoms with E-state index in [0.29, 0.717) is 6.42 Å². The summed E-state index contributed by atoms with van der Waals surface area (Å²) in [5.74, 6) is -1.09. The van der Waals surface area contributed by atoms with E-state index in [9.17, 15) is 9.59 Å². The maximum Gasteiger partial charge on any atom is 0.332 e. The van der Waals surface area contributed by atoms with Crippen LogP contribution in [-0.4, -0.2) is 48.9 Å². The average Bonchev–Trinajstić information content (AvgIpc) is 2.40. The van der Waals surface area contributed by atoms with E-state index in [1.807, 2.05) is 0 Å². The van der Waals surface area contributed by atoms with Crippen LogP contribution >= 0.6 is 0 Å². The van der Waals surface area contributed by atoms with Crippen molar-refractivity contribution in [1.82, 2.24) is 5.32 Å². The molecule has 0 aromatic carbocycles. The number of carbonyl (C=O) groups is 2. The first-order chi connectivity index (χ1) is 9.51. The minimum absolute atomic E-state index is 0.0323. The Kier molecular flexibility index (Phi) is 9.92. The van der Waals surface area contributed by atoms with Gasteiger partial charge in [-0.1, -0.05) is 6.08 Å². The fourth-order valence-corrected chi connectivity index (χ4v) is 1.23. The first-order valence-electron chi connectivity index (χ1n) is 6.21. The zero-order valence-corrected chi connectivity index (χ0v) is 11.5. The first-order valence-corrected chi connectivity index (χ1v) is 6.21. The predicted molar refractivity (Wildman–Crippen MR) is 70.4 cm³/mol. The highest BCUT2D eigenvalue weighted by atomic mass is 16.5. The van der Waals surface area contributed by atoms with Crippen LogP contribution in [0.4, 0.5) is 0 Å². The second-order valence-corrected chi connectivity index (χ2v) is 4.10. The topological polar surface area (TPSA) is 109 Å². The first kappa shape index (κ1) is 18.1. The number of nitrogens with one attached hydrogen (secondary N) is 1. The Morgan fingerprint density at radius 2 is 2.20 bits per heavy atom. The van der Waals surface area contributed by atoms with Crippen molar-refractivity contribution in [1.29, 1.82) is 5.26 Å². The number of aliphatic hydroxyl groups is 1. The number of rotatable bonds is 10. The van der Waals surface area contributed by atoms with Crippen LogP contribution in [0.25, 0.3) is 0 Å². The SMILES string of the molecule is C=CCCC(=O)NC(COCC(C)O)C(=O)OCC#N. The molecule has 7 nitrogen and oxygen atoms in total. The van der Waals surface area contributed by atoms with Crippen molar-refractivity contribution in [3.8, 4) is 6.07 Å². The van der Waals surface area contributed by atoms with Crippen molar-refractivity contribution in [2.75, 3.05) is 19.8 Å². The maximum absolute atomic E-state index is 11.6. The van der Waals surface area contributed by atoms with Gasteiger partial charge in [0.25, 0.3) is 0 Å². The van der Waals surface area contributed by atoms with Gasteiger partial charge in [-0.2, -0.15) is 5.26 Å². The zero-order valence-electron chi connectivity index (χ0n) is 11.5. The second kappa shape index (κ2) is 11.0. The Hall–Kier alpha value is -1.91. The molecule has 1 amide bonds. The third-order valence-corrected chi connectivity index (χ3v) is 2.12. The van der Waals surface area contributed by atoms with Gasteiger partial charge in [0.05, 0.1) is 19.3 Å². The molecule has 0 saturated heterocycles. The Morgan fingerprint density at radius 1 is 1.50 bits per heavy atom. The van der Waals surface area contributed by atoms with Gasteiger partial charge in [0.15, 0.2) is 12.6 Å². The van der Waals surface area contributed by atoms with E-state index in [-0.39, 0.29) is 25.5 Å². The fourth-order valence-electron chi connectivity index (χ4n) is 1.23. The quantitative estimate of drug-likeness (QED) is 0.428. The lowest BCUT2D eigenvalue weighted by Crippen LogP contribution is -2.45. The number of nitriles is 1. The normalized spacial score (nSPS) is 12.8. The van der Waals surface area contributed by atoms with Gasteiger partial charge in [-0.3, -0.25) is 4.79 Å². The van der Waals surface area contributed by atoms with E-state index in [1.54, 1.807) is 12.1 Å². The summed E-state index contributed by atoms with van der Waals surface area (Å²) in [5.41, 5.74) is 0. The van der Waals surface area contributed by atoms with E-state index >= 15 is 0 Å². The maximum atomic E-state index is 11.6. The molecule has 0 spiro atoms. The Labute approximate surface area is 118 Å². The smallest absolute Gasteiger partial charge is 0.332 e. The zero-order chi connectivity index (χ0) is 15.4. The summed E-state index contributed by atoms with van der Waals surface area (Å²) < 4.78 is 9.73. The number of nitrogens with zero attached hydrogens (tertiary/aromatic N) is 1. The Bertz CT molecular complexity index is 362. The van der Waals surface area contributed by atoms with E-state index in [4.69, 9.17) is 15.1 Å². The molecule has 0 bridgehead atoms. The largest absolute Gasteiger partial charge is 0.449 e. The molecule has 0 aromatic heterocycles. The van der Waals surface area contributed by atoms with E-state index in [0.717, 1.165) is 0 Å². The van der Waals surface area contributed by atoms with Gasteiger partial charge >= 0.3 is 5.97 Å². The molecule has 0 saturated carbocycles. The number of carbonyl (C=O) groups excluding carboxylic acids is 2. The van der Waals surface area contributed by atoms with Gasteiger partial charge in [0.2, 0.25) is 5.91 Å². The number of hydrogen-bond acceptors (Lipinski definition) is 6. The van der Waals surface area contributed by atoms with Crippen LogP contribution < -0.4 is 5.32 Å². The van der Waals surface area contributed by atoms with Crippen LogP contribution in [0.3, 0.4) is 0 Å². The lowest BCUT2D eigenvalue weighted by atomic mass is 10.2. The molecule has 7 heteroatoms. The van der Waals surface area contributed by atoms with Crippen molar-refractivity contribution in [2.45, 2.75) is 31.9 Å². The molecule has 0 rings (SSSR count). The average molecular weight is 284 g/mol. The lowest BCUT2D eigenvalue weighted by molar-refractivity contribution is -0.148. The van der Waals surface area contributed by atoms with Crippen LogP contribution in [-0.2, 0) is 19.1 Å². The third kappa shape index (κ3) is 9.08. The number of esters is 1. The highest BCUT2D eigenvalue weighted by Crippen LogP contribution is 1.96. The minimum atomic E-state index is -1.00. The molecule has 0 aliphatic heterocycles. The molecule has 2 N–H and O–H groups in total. The van der Waals surface area contributed by atoms with Gasteiger partial charge in [-0.25, -0.2) is 4.79 Å². The molecule has 20 heavy (non-hydrogen) atoms. The monoisotopic (exact) mass is 284 g/mol. The van der Waals surface area contributed by atoms with Crippen molar-refractivity contribution in [3.63, 3.8) is 0 Å². The molecule has 0 fully saturated rings. The molecule has 0 aliphatic carbocycles. The highest BCUT2D eigenvalue weighted by molar-refractivity contribution is 5.84. The molecular formula is C13H20N2O5. The Balaban J connectivity index is 4.37. The lowest BCUT2D eigenvalue weighted by Gasteiger charge is -2.17. The standard InChI is InChI=1S/C13H20N2O5/c1-3-4-5-12(17)15-11(9-19-8-10(2)16)13(18)20-7-6-14/h3,10-11,16H,1,4-5,7-9H2,2H3,(H,15,17). The van der Waals surface area contributed by atoms with Crippen LogP contribution in [0, 0.1) is 11.3 Å². The van der Waals surface area contributed by atoms with Crippen LogP contribution in [0.15, 0.2) is 12.7 Å². The fraction of sp³-hybridized carbons (Fsp3) is 0.615. The van der Waals surface area contributed by atoms with Crippen molar-refractivity contribution in [3.05, 3.63) is 12.7 Å². The van der Waals surface area contributed by atoms with E-state index in [1.165, 1.54) is 6.92 Å². The van der Waals surface area contributed by atoms with Crippen LogP contribution in [0.5, 0.6) is 0 Å². The van der Waals surface area contributed by atoms with Gasteiger partial charge in [0, 0.05) is 6.42 Å². The summed E-state index contributed by atoms with van der Waals surface area (Å²) in [7, 11) is 0. The van der Waals surface area contributed by atoms with Crippen molar-refractivity contribution < 1.29 is 24.2 Å². The molecule has 0 heterocycles. The van der Waals surface area contributed by atoms with Gasteiger partial charge in [0.1, 0.15) is 6.07 Å². The molecule has 0 aliphatic rings. The summed E-state index contributed by atoms with van der Waals surface area (Å²) in [6.45, 7) is 4.54. The molecule has 2 atom stereocenters. The number of allylic oxidation sites excluding steroid dienone is 1. The summed E-state index contributed by atoms with van der Waals surface area (Å²) in [5, 5.41) is 19.9. The highest BCUT2D eigenvalue weighted by Gasteiger charge is 2.22. The van der Waals surface area contributed by atoms with Crippen LogP contribution in [0.2, 0.25) is 0 Å². The second-order valence-electron chi connectivity index (χ2n) is 4.10. The summed E-state index contributed by atoms with van der Waals surface area (Å²) in [4.78, 5) is 23.2. The molecule has 2 unspecified atom stereocenters. The van der Waals surface area contributed by atoms with Gasteiger partial charge < -0.3 is 19.9 Å². The molecule has 0 radical (unpaired) electrons. The Morgan fingerprint density at radius 3 is 2.75 bits per heavy atom. The van der Waals surface area contributed by atoms with Gasteiger partial charge in [-0.05, 0) is 13.3 Å². The number of ether oxygens (including phenoxy) is 2. The molecular weight excluding hydrogens is 264 g/mol. The van der Waals surface area contributed by atoms with E-state index < -0.39 is 24.7 Å². The number of hydrogen-bond donors (Lipinski definition) is 2. The minimum Gasteiger partial charge on any atom is -0.449 e. The summed E-state index contributed by atoms with van der Waals surface area (Å²) in [6.07, 6.45) is 1.59. The molecule has 112 valence electrons. The third-order valence-electron chi connectivity index (χ3n) is 2.12. The van der Waals surface area contributed by atoms with Crippen molar-refractivity contribution in [2.24, 2.45) is 0 Å². The van der Waals surface area contributed by atoms with Crippen LogP contribution in [0.1, 0.15) is 19.8 Å². The van der Waals surface area contributed by atoms with Gasteiger partial charge in [-0.15, -0.1) is 6.58 Å². The predicted octanol–water partition coefficient (Wildman–Crippen LogP) is -0.0984. The number of aliphatic hydroxyl groups excluding tert-OH is 1. The van der Waals surface area contributed by atoms with E-state index in [2.05, 4.69) is 16.6 Å². The summed E-state index contributed by atoms with van der Waals surface area (Å²) >= 11 is 0. The number of amides is 1. The summed E-state index contributed by atoms with van der Waals surface area (Å²) in [6, 6.07) is 0.665. The van der Waals surface area contributed by atoms with Crippen molar-refractivity contribution >= 4 is 11.9 Å².